The van der Waals surface area contributed by atoms with Crippen LogP contribution in [-0.4, -0.2) is 51.1 Å². The minimum Gasteiger partial charge on any atom is -0.493 e. The van der Waals surface area contributed by atoms with Gasteiger partial charge >= 0.3 is 0 Å². The Bertz CT molecular complexity index is 1190. The van der Waals surface area contributed by atoms with Gasteiger partial charge in [-0.15, -0.1) is 0 Å². The molecule has 1 aliphatic heterocycles. The Kier molecular flexibility index (Phi) is 6.54. The quantitative estimate of drug-likeness (QED) is 0.526. The van der Waals surface area contributed by atoms with Crippen LogP contribution in [0.3, 0.4) is 0 Å². The minimum absolute atomic E-state index is 0.0178. The SMILES string of the molecule is CCOc1cc(CN2CCC(Nc3nc4cc(S(N)(=O)=O)ccc4o3)CC2)ccc1OC. The fourth-order valence-electron chi connectivity index (χ4n) is 3.90. The van der Waals surface area contributed by atoms with Crippen molar-refractivity contribution in [3.63, 3.8) is 0 Å². The molecular formula is C22H28N4O5S. The van der Waals surface area contributed by atoms with E-state index in [0.717, 1.165) is 44.0 Å². The van der Waals surface area contributed by atoms with E-state index in [1.165, 1.54) is 17.7 Å². The second-order valence-electron chi connectivity index (χ2n) is 7.81. The summed E-state index contributed by atoms with van der Waals surface area (Å²) in [5.41, 5.74) is 2.16. The molecule has 0 amide bonds. The molecule has 0 saturated carbocycles. The predicted octanol–water partition coefficient (Wildman–Crippen LogP) is 2.96. The standard InChI is InChI=1S/C22H28N4O5S/c1-3-30-21-12-15(4-6-20(21)29-2)14-26-10-8-16(9-11-26)24-22-25-18-13-17(32(23,27)28)5-7-19(18)31-22/h4-7,12-13,16H,3,8-11,14H2,1-2H3,(H,24,25)(H2,23,27,28). The summed E-state index contributed by atoms with van der Waals surface area (Å²) in [6.07, 6.45) is 1.88. The lowest BCUT2D eigenvalue weighted by Crippen LogP contribution is -2.38. The number of aromatic nitrogens is 1. The summed E-state index contributed by atoms with van der Waals surface area (Å²) < 4.78 is 39.8. The maximum Gasteiger partial charge on any atom is 0.295 e. The van der Waals surface area contributed by atoms with Crippen molar-refractivity contribution in [2.75, 3.05) is 32.1 Å². The van der Waals surface area contributed by atoms with Crippen molar-refractivity contribution in [2.24, 2.45) is 5.14 Å². The van der Waals surface area contributed by atoms with Crippen LogP contribution in [0.15, 0.2) is 45.7 Å². The number of sulfonamides is 1. The number of fused-ring (bicyclic) bond motifs is 1. The van der Waals surface area contributed by atoms with Crippen molar-refractivity contribution in [1.29, 1.82) is 0 Å². The van der Waals surface area contributed by atoms with E-state index < -0.39 is 10.0 Å². The number of primary sulfonamides is 1. The number of rotatable bonds is 8. The first-order valence-electron chi connectivity index (χ1n) is 10.6. The lowest BCUT2D eigenvalue weighted by molar-refractivity contribution is 0.210. The van der Waals surface area contributed by atoms with Gasteiger partial charge in [-0.1, -0.05) is 6.07 Å². The van der Waals surface area contributed by atoms with Crippen LogP contribution in [0.25, 0.3) is 11.1 Å². The third-order valence-electron chi connectivity index (χ3n) is 5.54. The Morgan fingerprint density at radius 1 is 1.19 bits per heavy atom. The van der Waals surface area contributed by atoms with Crippen LogP contribution in [-0.2, 0) is 16.6 Å². The van der Waals surface area contributed by atoms with Crippen LogP contribution in [0, 0.1) is 0 Å². The van der Waals surface area contributed by atoms with E-state index >= 15 is 0 Å². The van der Waals surface area contributed by atoms with Crippen molar-refractivity contribution in [3.05, 3.63) is 42.0 Å². The van der Waals surface area contributed by atoms with Gasteiger partial charge in [0.05, 0.1) is 18.6 Å². The van der Waals surface area contributed by atoms with Crippen LogP contribution < -0.4 is 19.9 Å². The molecular weight excluding hydrogens is 432 g/mol. The highest BCUT2D eigenvalue weighted by Crippen LogP contribution is 2.29. The molecule has 0 radical (unpaired) electrons. The van der Waals surface area contributed by atoms with Gasteiger partial charge in [0.25, 0.3) is 6.01 Å². The van der Waals surface area contributed by atoms with Gasteiger partial charge in [0.15, 0.2) is 17.1 Å². The first kappa shape index (κ1) is 22.4. The zero-order valence-corrected chi connectivity index (χ0v) is 19.0. The number of nitrogens with zero attached hydrogens (tertiary/aromatic N) is 2. The van der Waals surface area contributed by atoms with E-state index in [1.807, 2.05) is 19.1 Å². The fraction of sp³-hybridized carbons (Fsp3) is 0.409. The van der Waals surface area contributed by atoms with Crippen molar-refractivity contribution in [2.45, 2.75) is 37.2 Å². The zero-order chi connectivity index (χ0) is 22.7. The highest BCUT2D eigenvalue weighted by molar-refractivity contribution is 7.89. The monoisotopic (exact) mass is 460 g/mol. The smallest absolute Gasteiger partial charge is 0.295 e. The number of piperidine rings is 1. The van der Waals surface area contributed by atoms with Gasteiger partial charge in [0, 0.05) is 25.7 Å². The second-order valence-corrected chi connectivity index (χ2v) is 9.37. The summed E-state index contributed by atoms with van der Waals surface area (Å²) in [5.74, 6) is 1.51. The summed E-state index contributed by atoms with van der Waals surface area (Å²) in [6.45, 7) is 5.26. The van der Waals surface area contributed by atoms with Gasteiger partial charge in [0.2, 0.25) is 10.0 Å². The van der Waals surface area contributed by atoms with Gasteiger partial charge in [-0.3, -0.25) is 4.90 Å². The van der Waals surface area contributed by atoms with Gasteiger partial charge < -0.3 is 19.2 Å². The van der Waals surface area contributed by atoms with Crippen molar-refractivity contribution in [3.8, 4) is 11.5 Å². The summed E-state index contributed by atoms with van der Waals surface area (Å²) in [4.78, 5) is 6.79. The maximum atomic E-state index is 11.5. The molecule has 9 nitrogen and oxygen atoms in total. The minimum atomic E-state index is -3.78. The molecule has 0 atom stereocenters. The first-order valence-corrected chi connectivity index (χ1v) is 12.1. The van der Waals surface area contributed by atoms with E-state index in [1.54, 1.807) is 13.2 Å². The van der Waals surface area contributed by atoms with Crippen LogP contribution in [0.2, 0.25) is 0 Å². The number of likely N-dealkylation sites (tertiary alicyclic amines) is 1. The third-order valence-corrected chi connectivity index (χ3v) is 6.45. The normalized spacial score (nSPS) is 15.7. The zero-order valence-electron chi connectivity index (χ0n) is 18.2. The molecule has 0 unspecified atom stereocenters. The molecule has 1 saturated heterocycles. The van der Waals surface area contributed by atoms with Crippen LogP contribution >= 0.6 is 0 Å². The average Bonchev–Trinajstić information content (AvgIpc) is 3.16. The lowest BCUT2D eigenvalue weighted by atomic mass is 10.0. The fourth-order valence-corrected chi connectivity index (χ4v) is 4.44. The number of hydrogen-bond acceptors (Lipinski definition) is 8. The van der Waals surface area contributed by atoms with E-state index in [2.05, 4.69) is 21.3 Å². The summed E-state index contributed by atoms with van der Waals surface area (Å²) in [5, 5.41) is 8.52. The molecule has 0 bridgehead atoms. The molecule has 172 valence electrons. The topological polar surface area (TPSA) is 120 Å². The molecule has 10 heteroatoms. The summed E-state index contributed by atoms with van der Waals surface area (Å²) in [6, 6.07) is 11.1. The molecule has 0 aliphatic carbocycles. The summed E-state index contributed by atoms with van der Waals surface area (Å²) >= 11 is 0. The lowest BCUT2D eigenvalue weighted by Gasteiger charge is -2.32. The molecule has 32 heavy (non-hydrogen) atoms. The van der Waals surface area contributed by atoms with Gasteiger partial charge in [-0.05, 0) is 55.7 Å². The van der Waals surface area contributed by atoms with E-state index in [9.17, 15) is 8.42 Å². The molecule has 0 spiro atoms. The average molecular weight is 461 g/mol. The number of benzene rings is 2. The van der Waals surface area contributed by atoms with Gasteiger partial charge in [-0.2, -0.15) is 4.98 Å². The molecule has 3 aromatic rings. The molecule has 1 aromatic heterocycles. The Morgan fingerprint density at radius 3 is 2.66 bits per heavy atom. The molecule has 1 aliphatic rings. The molecule has 4 rings (SSSR count). The van der Waals surface area contributed by atoms with Crippen LogP contribution in [0.4, 0.5) is 6.01 Å². The Balaban J connectivity index is 1.34. The van der Waals surface area contributed by atoms with Gasteiger partial charge in [0.1, 0.15) is 5.52 Å². The number of nitrogens with one attached hydrogen (secondary N) is 1. The number of anilines is 1. The molecule has 3 N–H and O–H groups in total. The number of hydrogen-bond donors (Lipinski definition) is 2. The van der Waals surface area contributed by atoms with Crippen molar-refractivity contribution < 1.29 is 22.3 Å². The Morgan fingerprint density at radius 2 is 1.97 bits per heavy atom. The van der Waals surface area contributed by atoms with Crippen molar-refractivity contribution >= 4 is 27.1 Å². The highest BCUT2D eigenvalue weighted by atomic mass is 32.2. The third kappa shape index (κ3) is 5.14. The van der Waals surface area contributed by atoms with E-state index in [0.29, 0.717) is 23.7 Å². The highest BCUT2D eigenvalue weighted by Gasteiger charge is 2.21. The first-order chi connectivity index (χ1) is 15.4. The predicted molar refractivity (Wildman–Crippen MR) is 121 cm³/mol. The molecule has 2 aromatic carbocycles. The largest absolute Gasteiger partial charge is 0.493 e. The van der Waals surface area contributed by atoms with E-state index in [-0.39, 0.29) is 10.9 Å². The Labute approximate surface area is 187 Å². The van der Waals surface area contributed by atoms with Gasteiger partial charge in [-0.25, -0.2) is 13.6 Å². The molecule has 2 heterocycles. The number of methoxy groups -OCH3 is 1. The number of nitrogens with two attached hydrogens (primary N) is 1. The van der Waals surface area contributed by atoms with Crippen LogP contribution in [0.5, 0.6) is 11.5 Å². The van der Waals surface area contributed by atoms with Crippen molar-refractivity contribution in [1.82, 2.24) is 9.88 Å². The maximum absolute atomic E-state index is 11.5. The van der Waals surface area contributed by atoms with E-state index in [4.69, 9.17) is 19.0 Å². The Hall–Kier alpha value is -2.82. The second kappa shape index (κ2) is 9.35. The number of oxazole rings is 1. The van der Waals surface area contributed by atoms with Crippen LogP contribution in [0.1, 0.15) is 25.3 Å². The number of ether oxygens (including phenoxy) is 2. The summed E-state index contributed by atoms with van der Waals surface area (Å²) in [7, 11) is -2.13. The molecule has 1 fully saturated rings.